The molecule has 2 rings (SSSR count). The Balaban J connectivity index is 2.44. The number of ether oxygens (including phenoxy) is 2. The fourth-order valence-corrected chi connectivity index (χ4v) is 2.19. The van der Waals surface area contributed by atoms with E-state index in [1.54, 1.807) is 48.5 Å². The third kappa shape index (κ3) is 4.66. The molecule has 0 saturated heterocycles. The number of carbonyl (C=O) groups excluding carboxylic acids is 2. The van der Waals surface area contributed by atoms with E-state index in [0.717, 1.165) is 6.26 Å². The van der Waals surface area contributed by atoms with Crippen LogP contribution in [0.3, 0.4) is 0 Å². The van der Waals surface area contributed by atoms with Gasteiger partial charge in [-0.05, 0) is 11.1 Å². The van der Waals surface area contributed by atoms with Gasteiger partial charge in [0.05, 0.1) is 6.26 Å². The first-order valence-electron chi connectivity index (χ1n) is 7.40. The molecule has 0 amide bonds. The summed E-state index contributed by atoms with van der Waals surface area (Å²) in [5, 5.41) is 9.52. The van der Waals surface area contributed by atoms with Crippen LogP contribution in [0, 0.1) is 11.3 Å². The summed E-state index contributed by atoms with van der Waals surface area (Å²) in [6, 6.07) is 19.9. The summed E-state index contributed by atoms with van der Waals surface area (Å²) in [6.45, 7) is 2.64. The van der Waals surface area contributed by atoms with Crippen molar-refractivity contribution in [1.29, 1.82) is 5.26 Å². The molecule has 2 aromatic rings. The lowest BCUT2D eigenvalue weighted by Gasteiger charge is -2.11. The van der Waals surface area contributed by atoms with Gasteiger partial charge in [0.15, 0.2) is 6.61 Å². The van der Waals surface area contributed by atoms with Crippen LogP contribution in [0.2, 0.25) is 0 Å². The predicted octanol–water partition coefficient (Wildman–Crippen LogP) is 3.24. The molecule has 0 saturated carbocycles. The van der Waals surface area contributed by atoms with Crippen molar-refractivity contribution < 1.29 is 19.1 Å². The maximum Gasteiger partial charge on any atom is 0.350 e. The highest BCUT2D eigenvalue weighted by atomic mass is 16.6. The number of hydrogen-bond acceptors (Lipinski definition) is 5. The maximum absolute atomic E-state index is 12.3. The zero-order chi connectivity index (χ0) is 18.1. The molecule has 2 aromatic carbocycles. The first-order chi connectivity index (χ1) is 12.2. The second kappa shape index (κ2) is 8.85. The van der Waals surface area contributed by atoms with Crippen LogP contribution in [0.1, 0.15) is 11.1 Å². The number of esters is 2. The summed E-state index contributed by atoms with van der Waals surface area (Å²) in [7, 11) is 0. The van der Waals surface area contributed by atoms with Gasteiger partial charge in [0.25, 0.3) is 0 Å². The Morgan fingerprint density at radius 3 is 1.96 bits per heavy atom. The van der Waals surface area contributed by atoms with Gasteiger partial charge in [-0.15, -0.1) is 0 Å². The van der Waals surface area contributed by atoms with E-state index in [-0.39, 0.29) is 5.57 Å². The average molecular weight is 333 g/mol. The summed E-state index contributed by atoms with van der Waals surface area (Å²) in [5.74, 6) is -1.67. The fourth-order valence-electron chi connectivity index (χ4n) is 2.19. The zero-order valence-corrected chi connectivity index (χ0v) is 13.3. The lowest BCUT2D eigenvalue weighted by molar-refractivity contribution is -0.152. The van der Waals surface area contributed by atoms with E-state index in [1.165, 1.54) is 0 Å². The zero-order valence-electron chi connectivity index (χ0n) is 13.3. The summed E-state index contributed by atoms with van der Waals surface area (Å²) in [4.78, 5) is 23.6. The van der Waals surface area contributed by atoms with Crippen LogP contribution in [0.4, 0.5) is 0 Å². The molecule has 0 aromatic heterocycles. The average Bonchev–Trinajstić information content (AvgIpc) is 2.65. The van der Waals surface area contributed by atoms with Crippen LogP contribution < -0.4 is 0 Å². The van der Waals surface area contributed by atoms with Gasteiger partial charge in [-0.2, -0.15) is 5.26 Å². The number of hydrogen-bond donors (Lipinski definition) is 0. The first kappa shape index (κ1) is 17.7. The van der Waals surface area contributed by atoms with Crippen molar-refractivity contribution in [1.82, 2.24) is 0 Å². The maximum atomic E-state index is 12.3. The van der Waals surface area contributed by atoms with Crippen molar-refractivity contribution in [2.75, 3.05) is 6.61 Å². The van der Waals surface area contributed by atoms with Crippen LogP contribution in [0.25, 0.3) is 5.57 Å². The van der Waals surface area contributed by atoms with Crippen LogP contribution in [0.5, 0.6) is 0 Å². The van der Waals surface area contributed by atoms with Crippen molar-refractivity contribution in [3.63, 3.8) is 0 Å². The Kier molecular flexibility index (Phi) is 6.26. The van der Waals surface area contributed by atoms with E-state index in [0.29, 0.717) is 16.7 Å². The van der Waals surface area contributed by atoms with Gasteiger partial charge in [-0.1, -0.05) is 67.2 Å². The van der Waals surface area contributed by atoms with Gasteiger partial charge >= 0.3 is 11.9 Å². The van der Waals surface area contributed by atoms with E-state index in [2.05, 4.69) is 11.3 Å². The van der Waals surface area contributed by atoms with E-state index >= 15 is 0 Å². The van der Waals surface area contributed by atoms with Gasteiger partial charge in [0.2, 0.25) is 0 Å². The van der Waals surface area contributed by atoms with E-state index in [1.807, 2.05) is 18.2 Å². The summed E-state index contributed by atoms with van der Waals surface area (Å²) in [6.07, 6.45) is 0.941. The number of nitriles is 1. The van der Waals surface area contributed by atoms with Crippen LogP contribution in [-0.2, 0) is 19.1 Å². The highest BCUT2D eigenvalue weighted by Gasteiger charge is 2.20. The second-order valence-corrected chi connectivity index (χ2v) is 4.83. The molecular weight excluding hydrogens is 318 g/mol. The molecule has 0 N–H and O–H groups in total. The minimum absolute atomic E-state index is 0.191. The SMILES string of the molecule is C=COC(=O)COC(=O)C(C#N)=C(c1ccccc1)c1ccccc1. The largest absolute Gasteiger partial charge is 0.450 e. The Hall–Kier alpha value is -3.65. The van der Waals surface area contributed by atoms with Crippen molar-refractivity contribution in [2.24, 2.45) is 0 Å². The predicted molar refractivity (Wildman–Crippen MR) is 91.8 cm³/mol. The molecule has 5 heteroatoms. The lowest BCUT2D eigenvalue weighted by atomic mass is 9.93. The Labute approximate surface area is 145 Å². The monoisotopic (exact) mass is 333 g/mol. The first-order valence-corrected chi connectivity index (χ1v) is 7.40. The quantitative estimate of drug-likeness (QED) is 0.351. The highest BCUT2D eigenvalue weighted by molar-refractivity contribution is 6.05. The topological polar surface area (TPSA) is 76.4 Å². The van der Waals surface area contributed by atoms with Crippen LogP contribution >= 0.6 is 0 Å². The van der Waals surface area contributed by atoms with Crippen LogP contribution in [-0.4, -0.2) is 18.5 Å². The summed E-state index contributed by atoms with van der Waals surface area (Å²) in [5.41, 5.74) is 1.63. The molecule has 0 aliphatic carbocycles. The molecule has 0 atom stereocenters. The summed E-state index contributed by atoms with van der Waals surface area (Å²) < 4.78 is 9.38. The molecule has 25 heavy (non-hydrogen) atoms. The van der Waals surface area contributed by atoms with E-state index in [9.17, 15) is 14.9 Å². The van der Waals surface area contributed by atoms with E-state index < -0.39 is 18.5 Å². The standard InChI is InChI=1S/C20H15NO4/c1-2-24-18(22)14-25-20(23)17(13-21)19(15-9-5-3-6-10-15)16-11-7-4-8-12-16/h2-12H,1,14H2. The number of benzene rings is 2. The number of carbonyl (C=O) groups is 2. The van der Waals surface area contributed by atoms with Gasteiger partial charge in [-0.25, -0.2) is 9.59 Å². The second-order valence-electron chi connectivity index (χ2n) is 4.83. The van der Waals surface area contributed by atoms with Gasteiger partial charge in [-0.3, -0.25) is 0 Å². The van der Waals surface area contributed by atoms with E-state index in [4.69, 9.17) is 4.74 Å². The highest BCUT2D eigenvalue weighted by Crippen LogP contribution is 2.27. The molecular formula is C20H15NO4. The molecule has 124 valence electrons. The molecule has 0 radical (unpaired) electrons. The minimum atomic E-state index is -0.897. The number of rotatable bonds is 6. The molecule has 0 heterocycles. The molecule has 0 spiro atoms. The molecule has 0 fully saturated rings. The summed E-state index contributed by atoms with van der Waals surface area (Å²) >= 11 is 0. The minimum Gasteiger partial charge on any atom is -0.450 e. The Bertz CT molecular complexity index is 792. The van der Waals surface area contributed by atoms with Gasteiger partial charge in [0, 0.05) is 5.57 Å². The lowest BCUT2D eigenvalue weighted by Crippen LogP contribution is -2.16. The Morgan fingerprint density at radius 1 is 1.00 bits per heavy atom. The van der Waals surface area contributed by atoms with Crippen LogP contribution in [0.15, 0.2) is 79.1 Å². The molecule has 0 aliphatic heterocycles. The molecule has 0 unspecified atom stereocenters. The van der Waals surface area contributed by atoms with Crippen molar-refractivity contribution in [2.45, 2.75) is 0 Å². The third-order valence-electron chi connectivity index (χ3n) is 3.23. The van der Waals surface area contributed by atoms with Crippen molar-refractivity contribution in [3.05, 3.63) is 90.2 Å². The van der Waals surface area contributed by atoms with Crippen molar-refractivity contribution >= 4 is 17.5 Å². The van der Waals surface area contributed by atoms with Crippen molar-refractivity contribution in [3.8, 4) is 6.07 Å². The molecule has 0 aliphatic rings. The van der Waals surface area contributed by atoms with Gasteiger partial charge in [0.1, 0.15) is 11.6 Å². The normalized spacial score (nSPS) is 9.40. The van der Waals surface area contributed by atoms with Gasteiger partial charge < -0.3 is 9.47 Å². The molecule has 5 nitrogen and oxygen atoms in total. The fraction of sp³-hybridized carbons (Fsp3) is 0.0500. The third-order valence-corrected chi connectivity index (χ3v) is 3.23. The Morgan fingerprint density at radius 2 is 1.52 bits per heavy atom. The number of nitrogens with zero attached hydrogens (tertiary/aromatic N) is 1. The smallest absolute Gasteiger partial charge is 0.350 e. The molecule has 0 bridgehead atoms.